The zero-order chi connectivity index (χ0) is 23.5. The number of thioether (sulfide) groups is 1. The number of amides is 2. The average molecular weight is 468 g/mol. The average Bonchev–Trinajstić information content (AvgIpc) is 3.53. The van der Waals surface area contributed by atoms with Gasteiger partial charge in [0, 0.05) is 11.7 Å². The van der Waals surface area contributed by atoms with Crippen LogP contribution in [0.15, 0.2) is 41.6 Å². The number of aryl methyl sites for hydroxylation is 3. The van der Waals surface area contributed by atoms with Crippen molar-refractivity contribution >= 4 is 29.3 Å². The number of nitrogens with one attached hydrogen (secondary N) is 2. The highest BCUT2D eigenvalue weighted by Crippen LogP contribution is 2.41. The van der Waals surface area contributed by atoms with Crippen LogP contribution in [0.4, 0.5) is 10.1 Å². The Labute approximate surface area is 196 Å². The Morgan fingerprint density at radius 2 is 1.79 bits per heavy atom. The minimum Gasteiger partial charge on any atom is -0.346 e. The molecule has 3 aromatic rings. The van der Waals surface area contributed by atoms with Crippen LogP contribution in [0.5, 0.6) is 0 Å². The van der Waals surface area contributed by atoms with E-state index in [2.05, 4.69) is 20.8 Å². The van der Waals surface area contributed by atoms with Crippen molar-refractivity contribution in [1.29, 1.82) is 0 Å². The third-order valence-corrected chi connectivity index (χ3v) is 6.35. The van der Waals surface area contributed by atoms with E-state index in [4.69, 9.17) is 0 Å². The molecule has 2 N–H and O–H groups in total. The minimum atomic E-state index is -0.355. The van der Waals surface area contributed by atoms with Crippen molar-refractivity contribution in [3.63, 3.8) is 0 Å². The summed E-state index contributed by atoms with van der Waals surface area (Å²) in [6, 6.07) is 10.7. The van der Waals surface area contributed by atoms with E-state index in [1.165, 1.54) is 17.8 Å². The number of halogens is 1. The Hall–Kier alpha value is -3.20. The van der Waals surface area contributed by atoms with Gasteiger partial charge in [0.25, 0.3) is 0 Å². The SMILES string of the molecule is Cc1cc(C)c(NC(=O)CNC(=O)CSc2nnc(-c3ccccc3F)n2C2CC2)c(C)c1. The molecule has 0 bridgehead atoms. The molecule has 1 aromatic heterocycles. The zero-order valence-corrected chi connectivity index (χ0v) is 19.6. The summed E-state index contributed by atoms with van der Waals surface area (Å²) in [5, 5.41) is 14.5. The van der Waals surface area contributed by atoms with Crippen LogP contribution in [0.2, 0.25) is 0 Å². The number of rotatable bonds is 8. The molecule has 1 aliphatic rings. The summed E-state index contributed by atoms with van der Waals surface area (Å²) in [6.07, 6.45) is 1.94. The molecule has 9 heteroatoms. The van der Waals surface area contributed by atoms with E-state index in [-0.39, 0.29) is 36.0 Å². The van der Waals surface area contributed by atoms with E-state index in [1.807, 2.05) is 37.5 Å². The Bertz CT molecular complexity index is 1180. The highest BCUT2D eigenvalue weighted by Gasteiger charge is 2.31. The van der Waals surface area contributed by atoms with Gasteiger partial charge < -0.3 is 10.6 Å². The normalized spacial score (nSPS) is 13.1. The first-order valence-electron chi connectivity index (χ1n) is 10.8. The molecule has 33 heavy (non-hydrogen) atoms. The van der Waals surface area contributed by atoms with E-state index in [0.717, 1.165) is 35.2 Å². The summed E-state index contributed by atoms with van der Waals surface area (Å²) in [5.41, 5.74) is 4.25. The highest BCUT2D eigenvalue weighted by molar-refractivity contribution is 7.99. The van der Waals surface area contributed by atoms with Crippen LogP contribution in [0, 0.1) is 26.6 Å². The van der Waals surface area contributed by atoms with Crippen molar-refractivity contribution in [2.24, 2.45) is 0 Å². The molecule has 0 radical (unpaired) electrons. The third-order valence-electron chi connectivity index (χ3n) is 5.41. The smallest absolute Gasteiger partial charge is 0.243 e. The summed E-state index contributed by atoms with van der Waals surface area (Å²) < 4.78 is 16.2. The number of benzene rings is 2. The van der Waals surface area contributed by atoms with Crippen molar-refractivity contribution in [2.75, 3.05) is 17.6 Å². The van der Waals surface area contributed by atoms with Gasteiger partial charge in [0.2, 0.25) is 11.8 Å². The lowest BCUT2D eigenvalue weighted by molar-refractivity contribution is -0.122. The second-order valence-electron chi connectivity index (χ2n) is 8.27. The van der Waals surface area contributed by atoms with Crippen LogP contribution >= 0.6 is 11.8 Å². The number of carbonyl (C=O) groups is 2. The van der Waals surface area contributed by atoms with E-state index in [0.29, 0.717) is 16.5 Å². The van der Waals surface area contributed by atoms with Crippen molar-refractivity contribution < 1.29 is 14.0 Å². The number of hydrogen-bond acceptors (Lipinski definition) is 5. The molecular weight excluding hydrogens is 441 g/mol. The van der Waals surface area contributed by atoms with Gasteiger partial charge in [0.15, 0.2) is 11.0 Å². The molecule has 172 valence electrons. The molecule has 2 aromatic carbocycles. The molecule has 0 atom stereocenters. The van der Waals surface area contributed by atoms with Crippen LogP contribution in [0.1, 0.15) is 35.6 Å². The van der Waals surface area contributed by atoms with Gasteiger partial charge in [-0.25, -0.2) is 4.39 Å². The first kappa shape index (κ1) is 23.0. The molecule has 0 aliphatic heterocycles. The fourth-order valence-corrected chi connectivity index (χ4v) is 4.62. The number of nitrogens with zero attached hydrogens (tertiary/aromatic N) is 3. The van der Waals surface area contributed by atoms with Crippen molar-refractivity contribution in [2.45, 2.75) is 44.8 Å². The molecule has 1 fully saturated rings. The van der Waals surface area contributed by atoms with Gasteiger partial charge in [-0.1, -0.05) is 41.6 Å². The Balaban J connectivity index is 1.34. The van der Waals surface area contributed by atoms with E-state index in [1.54, 1.807) is 18.2 Å². The predicted octanol–water partition coefficient (Wildman–Crippen LogP) is 4.19. The molecule has 1 saturated carbocycles. The molecule has 4 rings (SSSR count). The van der Waals surface area contributed by atoms with Gasteiger partial charge in [0.1, 0.15) is 5.82 Å². The summed E-state index contributed by atoms with van der Waals surface area (Å²) in [5.74, 6) is -0.373. The first-order chi connectivity index (χ1) is 15.8. The monoisotopic (exact) mass is 467 g/mol. The molecule has 1 heterocycles. The quantitative estimate of drug-likeness (QED) is 0.485. The number of anilines is 1. The number of carbonyl (C=O) groups excluding carboxylic acids is 2. The maximum atomic E-state index is 14.3. The van der Waals surface area contributed by atoms with Crippen molar-refractivity contribution in [3.05, 3.63) is 58.9 Å². The first-order valence-corrected chi connectivity index (χ1v) is 11.8. The Morgan fingerprint density at radius 1 is 1.09 bits per heavy atom. The molecule has 0 unspecified atom stereocenters. The van der Waals surface area contributed by atoms with Crippen LogP contribution < -0.4 is 10.6 Å². The van der Waals surface area contributed by atoms with Gasteiger partial charge in [-0.3, -0.25) is 14.2 Å². The second kappa shape index (κ2) is 9.74. The van der Waals surface area contributed by atoms with Gasteiger partial charge in [0.05, 0.1) is 17.9 Å². The lowest BCUT2D eigenvalue weighted by atomic mass is 10.1. The molecule has 1 aliphatic carbocycles. The van der Waals surface area contributed by atoms with Gasteiger partial charge >= 0.3 is 0 Å². The van der Waals surface area contributed by atoms with Crippen molar-refractivity contribution in [1.82, 2.24) is 20.1 Å². The van der Waals surface area contributed by atoms with E-state index in [9.17, 15) is 14.0 Å². The fourth-order valence-electron chi connectivity index (χ4n) is 3.78. The molecule has 0 spiro atoms. The number of hydrogen-bond donors (Lipinski definition) is 2. The second-order valence-corrected chi connectivity index (χ2v) is 9.22. The highest BCUT2D eigenvalue weighted by atomic mass is 32.2. The largest absolute Gasteiger partial charge is 0.346 e. The van der Waals surface area contributed by atoms with Crippen LogP contribution in [0.3, 0.4) is 0 Å². The topological polar surface area (TPSA) is 88.9 Å². The summed E-state index contributed by atoms with van der Waals surface area (Å²) in [7, 11) is 0. The molecule has 7 nitrogen and oxygen atoms in total. The Morgan fingerprint density at radius 3 is 2.45 bits per heavy atom. The molecule has 2 amide bonds. The lowest BCUT2D eigenvalue weighted by Crippen LogP contribution is -2.34. The summed E-state index contributed by atoms with van der Waals surface area (Å²) in [4.78, 5) is 24.7. The minimum absolute atomic E-state index is 0.0813. The van der Waals surface area contributed by atoms with Gasteiger partial charge in [-0.2, -0.15) is 0 Å². The maximum absolute atomic E-state index is 14.3. The van der Waals surface area contributed by atoms with Crippen LogP contribution in [0.25, 0.3) is 11.4 Å². The summed E-state index contributed by atoms with van der Waals surface area (Å²) >= 11 is 1.23. The van der Waals surface area contributed by atoms with Crippen molar-refractivity contribution in [3.8, 4) is 11.4 Å². The van der Waals surface area contributed by atoms with Gasteiger partial charge in [-0.15, -0.1) is 10.2 Å². The van der Waals surface area contributed by atoms with Gasteiger partial charge in [-0.05, 0) is 56.9 Å². The number of aromatic nitrogens is 3. The predicted molar refractivity (Wildman–Crippen MR) is 127 cm³/mol. The van der Waals surface area contributed by atoms with Crippen LogP contribution in [-0.4, -0.2) is 38.9 Å². The van der Waals surface area contributed by atoms with Crippen LogP contribution in [-0.2, 0) is 9.59 Å². The zero-order valence-electron chi connectivity index (χ0n) is 18.8. The lowest BCUT2D eigenvalue weighted by Gasteiger charge is -2.13. The fraction of sp³-hybridized carbons (Fsp3) is 0.333. The molecule has 0 saturated heterocycles. The summed E-state index contributed by atoms with van der Waals surface area (Å²) in [6.45, 7) is 5.77. The molecular formula is C24H26FN5O2S. The third kappa shape index (κ3) is 5.42. The van der Waals surface area contributed by atoms with E-state index < -0.39 is 0 Å². The maximum Gasteiger partial charge on any atom is 0.243 e. The standard InChI is InChI=1S/C24H26FN5O2S/c1-14-10-15(2)22(16(3)11-14)27-20(31)12-26-21(32)13-33-24-29-28-23(30(24)17-8-9-17)18-6-4-5-7-19(18)25/h4-7,10-11,17H,8-9,12-13H2,1-3H3,(H,26,32)(H,27,31). The Kier molecular flexibility index (Phi) is 6.78. The van der Waals surface area contributed by atoms with E-state index >= 15 is 0 Å².